The molecule has 2 heterocycles. The molecule has 1 N–H and O–H groups in total. The molecule has 16 heavy (non-hydrogen) atoms. The molecule has 0 amide bonds. The van der Waals surface area contributed by atoms with Gasteiger partial charge in [-0.1, -0.05) is 12.2 Å². The average molecular weight is 236 g/mol. The number of H-pyrrole nitrogens is 1. The molecule has 2 aromatic heterocycles. The molecule has 84 valence electrons. The molecule has 2 aromatic rings. The maximum Gasteiger partial charge on any atom is 0.159 e. The summed E-state index contributed by atoms with van der Waals surface area (Å²) in [5.74, 6) is 0.667. The number of methoxy groups -OCH3 is 1. The van der Waals surface area contributed by atoms with E-state index in [1.807, 2.05) is 19.3 Å². The monoisotopic (exact) mass is 236 g/mol. The molecule has 0 atom stereocenters. The zero-order valence-corrected chi connectivity index (χ0v) is 9.91. The molecule has 0 aliphatic heterocycles. The number of hydrogen-bond donors (Lipinski definition) is 1. The van der Waals surface area contributed by atoms with Crippen molar-refractivity contribution in [1.82, 2.24) is 19.7 Å². The van der Waals surface area contributed by atoms with E-state index in [0.717, 1.165) is 11.4 Å². The molecule has 0 aromatic carbocycles. The van der Waals surface area contributed by atoms with Gasteiger partial charge in [0.1, 0.15) is 10.3 Å². The summed E-state index contributed by atoms with van der Waals surface area (Å²) in [6, 6.07) is 3.66. The van der Waals surface area contributed by atoms with Crippen LogP contribution in [0.3, 0.4) is 0 Å². The highest BCUT2D eigenvalue weighted by atomic mass is 32.1. The van der Waals surface area contributed by atoms with Crippen molar-refractivity contribution in [2.24, 2.45) is 7.05 Å². The van der Waals surface area contributed by atoms with Gasteiger partial charge in [0, 0.05) is 26.0 Å². The van der Waals surface area contributed by atoms with Gasteiger partial charge in [-0.15, -0.1) is 0 Å². The number of aromatic amines is 1. The van der Waals surface area contributed by atoms with Crippen molar-refractivity contribution < 1.29 is 4.74 Å². The highest BCUT2D eigenvalue weighted by Crippen LogP contribution is 2.12. The Morgan fingerprint density at radius 1 is 1.56 bits per heavy atom. The smallest absolute Gasteiger partial charge is 0.159 e. The van der Waals surface area contributed by atoms with Gasteiger partial charge in [0.25, 0.3) is 0 Å². The number of rotatable bonds is 3. The molecular weight excluding hydrogens is 224 g/mol. The molecule has 0 aliphatic carbocycles. The van der Waals surface area contributed by atoms with E-state index in [1.165, 1.54) is 0 Å². The van der Waals surface area contributed by atoms with Crippen LogP contribution < -0.4 is 0 Å². The molecule has 0 bridgehead atoms. The van der Waals surface area contributed by atoms with Crippen molar-refractivity contribution in [3.63, 3.8) is 0 Å². The summed E-state index contributed by atoms with van der Waals surface area (Å²) in [6.45, 7) is 0.478. The first-order valence-corrected chi connectivity index (χ1v) is 5.19. The molecule has 0 spiro atoms. The first-order valence-electron chi connectivity index (χ1n) is 4.78. The first-order chi connectivity index (χ1) is 7.69. The van der Waals surface area contributed by atoms with Crippen LogP contribution in [-0.4, -0.2) is 26.9 Å². The van der Waals surface area contributed by atoms with Gasteiger partial charge in [-0.3, -0.25) is 4.68 Å². The van der Waals surface area contributed by atoms with Crippen LogP contribution in [0.5, 0.6) is 0 Å². The van der Waals surface area contributed by atoms with Crippen LogP contribution in [0.1, 0.15) is 5.69 Å². The first kappa shape index (κ1) is 11.0. The van der Waals surface area contributed by atoms with Crippen LogP contribution in [0.25, 0.3) is 11.5 Å². The van der Waals surface area contributed by atoms with E-state index < -0.39 is 0 Å². The molecule has 0 fully saturated rings. The van der Waals surface area contributed by atoms with Gasteiger partial charge in [0.2, 0.25) is 0 Å². The lowest BCUT2D eigenvalue weighted by atomic mass is 10.3. The second-order valence-corrected chi connectivity index (χ2v) is 3.82. The number of aryl methyl sites for hydroxylation is 1. The van der Waals surface area contributed by atoms with Crippen LogP contribution in [0.15, 0.2) is 18.3 Å². The van der Waals surface area contributed by atoms with Crippen molar-refractivity contribution >= 4 is 12.2 Å². The summed E-state index contributed by atoms with van der Waals surface area (Å²) >= 11 is 5.09. The van der Waals surface area contributed by atoms with Gasteiger partial charge >= 0.3 is 0 Å². The van der Waals surface area contributed by atoms with E-state index in [-0.39, 0.29) is 0 Å². The standard InChI is InChI=1S/C10H12N4OS/c1-14-4-3-8(13-14)10-11-7(6-15-2)5-9(16)12-10/h3-5H,6H2,1-2H3,(H,11,12,16). The van der Waals surface area contributed by atoms with Crippen molar-refractivity contribution in [2.45, 2.75) is 6.61 Å². The molecule has 0 radical (unpaired) electrons. The van der Waals surface area contributed by atoms with Gasteiger partial charge in [-0.25, -0.2) is 4.98 Å². The predicted octanol–water partition coefficient (Wildman–Crippen LogP) is 1.69. The van der Waals surface area contributed by atoms with Crippen LogP contribution in [0.4, 0.5) is 0 Å². The SMILES string of the molecule is COCc1cc(=S)nc(-c2ccn(C)n2)[nH]1. The van der Waals surface area contributed by atoms with E-state index in [4.69, 9.17) is 17.0 Å². The van der Waals surface area contributed by atoms with Gasteiger partial charge in [0.05, 0.1) is 6.61 Å². The van der Waals surface area contributed by atoms with Crippen LogP contribution >= 0.6 is 12.2 Å². The zero-order chi connectivity index (χ0) is 11.5. The Hall–Kier alpha value is -1.53. The maximum absolute atomic E-state index is 5.09. The molecular formula is C10H12N4OS. The molecule has 0 unspecified atom stereocenters. The predicted molar refractivity (Wildman–Crippen MR) is 62.3 cm³/mol. The summed E-state index contributed by atoms with van der Waals surface area (Å²) < 4.78 is 7.30. The summed E-state index contributed by atoms with van der Waals surface area (Å²) in [4.78, 5) is 7.36. The molecule has 0 saturated heterocycles. The molecule has 6 heteroatoms. The second kappa shape index (κ2) is 4.54. The molecule has 2 rings (SSSR count). The third kappa shape index (κ3) is 2.34. The minimum atomic E-state index is 0.478. The van der Waals surface area contributed by atoms with Crippen molar-refractivity contribution in [1.29, 1.82) is 0 Å². The third-order valence-electron chi connectivity index (χ3n) is 2.05. The summed E-state index contributed by atoms with van der Waals surface area (Å²) in [5.41, 5.74) is 1.66. The van der Waals surface area contributed by atoms with Crippen molar-refractivity contribution in [3.05, 3.63) is 28.7 Å². The topological polar surface area (TPSA) is 55.7 Å². The van der Waals surface area contributed by atoms with Gasteiger partial charge in [0.15, 0.2) is 5.82 Å². The highest BCUT2D eigenvalue weighted by molar-refractivity contribution is 7.71. The largest absolute Gasteiger partial charge is 0.378 e. The van der Waals surface area contributed by atoms with Gasteiger partial charge in [-0.2, -0.15) is 5.10 Å². The van der Waals surface area contributed by atoms with E-state index in [1.54, 1.807) is 17.9 Å². The fourth-order valence-electron chi connectivity index (χ4n) is 1.40. The summed E-state index contributed by atoms with van der Waals surface area (Å²) in [6.07, 6.45) is 1.86. The van der Waals surface area contributed by atoms with Crippen molar-refractivity contribution in [3.8, 4) is 11.5 Å². The lowest BCUT2D eigenvalue weighted by molar-refractivity contribution is 0.181. The minimum absolute atomic E-state index is 0.478. The number of nitrogens with one attached hydrogen (secondary N) is 1. The Morgan fingerprint density at radius 2 is 2.38 bits per heavy atom. The number of nitrogens with zero attached hydrogens (tertiary/aromatic N) is 3. The zero-order valence-electron chi connectivity index (χ0n) is 9.10. The van der Waals surface area contributed by atoms with Crippen LogP contribution in [-0.2, 0) is 18.4 Å². The van der Waals surface area contributed by atoms with E-state index in [0.29, 0.717) is 17.1 Å². The fraction of sp³-hybridized carbons (Fsp3) is 0.300. The molecule has 0 saturated carbocycles. The maximum atomic E-state index is 5.09. The van der Waals surface area contributed by atoms with E-state index in [2.05, 4.69) is 15.1 Å². The van der Waals surface area contributed by atoms with E-state index in [9.17, 15) is 0 Å². The molecule has 0 aliphatic rings. The number of hydrogen-bond acceptors (Lipinski definition) is 4. The lowest BCUT2D eigenvalue weighted by Gasteiger charge is -2.02. The number of aromatic nitrogens is 4. The quantitative estimate of drug-likeness (QED) is 0.824. The van der Waals surface area contributed by atoms with Crippen molar-refractivity contribution in [2.75, 3.05) is 7.11 Å². The third-order valence-corrected chi connectivity index (χ3v) is 2.26. The van der Waals surface area contributed by atoms with E-state index >= 15 is 0 Å². The Morgan fingerprint density at radius 3 is 3.00 bits per heavy atom. The van der Waals surface area contributed by atoms with Gasteiger partial charge in [-0.05, 0) is 12.1 Å². The minimum Gasteiger partial charge on any atom is -0.378 e. The second-order valence-electron chi connectivity index (χ2n) is 3.40. The Balaban J connectivity index is 2.44. The number of ether oxygens (including phenoxy) is 1. The Labute approximate surface area is 98.1 Å². The van der Waals surface area contributed by atoms with Crippen LogP contribution in [0, 0.1) is 4.64 Å². The van der Waals surface area contributed by atoms with Gasteiger partial charge < -0.3 is 9.72 Å². The summed E-state index contributed by atoms with van der Waals surface area (Å²) in [7, 11) is 3.49. The fourth-order valence-corrected chi connectivity index (χ4v) is 1.64. The van der Waals surface area contributed by atoms with Crippen LogP contribution in [0.2, 0.25) is 0 Å². The normalized spacial score (nSPS) is 10.6. The lowest BCUT2D eigenvalue weighted by Crippen LogP contribution is -1.98. The summed E-state index contributed by atoms with van der Waals surface area (Å²) in [5, 5.41) is 4.26. The highest BCUT2D eigenvalue weighted by Gasteiger charge is 2.04. The Kier molecular flexibility index (Phi) is 3.12. The molecule has 5 nitrogen and oxygen atoms in total. The average Bonchev–Trinajstić information content (AvgIpc) is 2.64. The Bertz CT molecular complexity index is 546.